The molecule has 0 N–H and O–H groups in total. The quantitative estimate of drug-likeness (QED) is 0.820. The van der Waals surface area contributed by atoms with Crippen molar-refractivity contribution in [1.29, 1.82) is 5.26 Å². The first-order valence-electron chi connectivity index (χ1n) is 6.15. The Kier molecular flexibility index (Phi) is 4.27. The van der Waals surface area contributed by atoms with Crippen molar-refractivity contribution in [3.05, 3.63) is 35.4 Å². The average molecular weight is 260 g/mol. The highest BCUT2D eigenvalue weighted by molar-refractivity contribution is 8.00. The van der Waals surface area contributed by atoms with Crippen LogP contribution in [0.25, 0.3) is 0 Å². The third-order valence-corrected chi connectivity index (χ3v) is 4.49. The average Bonchev–Trinajstić information content (AvgIpc) is 2.46. The zero-order valence-corrected chi connectivity index (χ0v) is 11.2. The maximum Gasteiger partial charge on any atom is 0.253 e. The van der Waals surface area contributed by atoms with Crippen LogP contribution in [-0.2, 0) is 0 Å². The molecule has 0 bridgehead atoms. The van der Waals surface area contributed by atoms with Crippen molar-refractivity contribution in [2.45, 2.75) is 18.6 Å². The Hall–Kier alpha value is -1.47. The normalized spacial score (nSPS) is 19.3. The van der Waals surface area contributed by atoms with Gasteiger partial charge in [-0.1, -0.05) is 13.0 Å². The lowest BCUT2D eigenvalue weighted by atomic mass is 10.1. The number of carbonyl (C=O) groups excluding carboxylic acids is 1. The first kappa shape index (κ1) is 13.0. The summed E-state index contributed by atoms with van der Waals surface area (Å²) >= 11 is 1.94. The third kappa shape index (κ3) is 2.85. The van der Waals surface area contributed by atoms with Crippen molar-refractivity contribution in [3.8, 4) is 6.07 Å². The van der Waals surface area contributed by atoms with Gasteiger partial charge in [0.1, 0.15) is 0 Å². The topological polar surface area (TPSA) is 44.1 Å². The number of rotatable bonds is 2. The van der Waals surface area contributed by atoms with Crippen LogP contribution in [0.1, 0.15) is 29.3 Å². The van der Waals surface area contributed by atoms with Gasteiger partial charge in [-0.15, -0.1) is 0 Å². The molecule has 1 amide bonds. The molecule has 1 fully saturated rings. The fourth-order valence-electron chi connectivity index (χ4n) is 2.06. The van der Waals surface area contributed by atoms with E-state index in [1.807, 2.05) is 16.7 Å². The minimum atomic E-state index is 0.0471. The highest BCUT2D eigenvalue weighted by Gasteiger charge is 2.23. The Labute approximate surface area is 112 Å². The standard InChI is InChI=1S/C14H16N2OS/c1-2-13-10-16(6-7-18-13)14(17)12-5-3-4-11(8-12)9-15/h3-5,8,13H,2,6-7,10H2,1H3. The molecule has 3 nitrogen and oxygen atoms in total. The maximum absolute atomic E-state index is 12.3. The predicted octanol–water partition coefficient (Wildman–Crippen LogP) is 2.53. The summed E-state index contributed by atoms with van der Waals surface area (Å²) in [5.41, 5.74) is 1.16. The van der Waals surface area contributed by atoms with E-state index < -0.39 is 0 Å². The number of carbonyl (C=O) groups is 1. The van der Waals surface area contributed by atoms with Crippen molar-refractivity contribution < 1.29 is 4.79 Å². The Morgan fingerprint density at radius 2 is 2.44 bits per heavy atom. The second-order valence-corrected chi connectivity index (χ2v) is 5.75. The second kappa shape index (κ2) is 5.92. The van der Waals surface area contributed by atoms with E-state index in [1.165, 1.54) is 0 Å². The number of benzene rings is 1. The van der Waals surface area contributed by atoms with Crippen molar-refractivity contribution in [2.24, 2.45) is 0 Å². The molecule has 0 spiro atoms. The summed E-state index contributed by atoms with van der Waals surface area (Å²) in [5.74, 6) is 1.05. The van der Waals surface area contributed by atoms with Crippen molar-refractivity contribution in [1.82, 2.24) is 4.90 Å². The number of hydrogen-bond acceptors (Lipinski definition) is 3. The second-order valence-electron chi connectivity index (χ2n) is 4.34. The fourth-order valence-corrected chi connectivity index (χ4v) is 3.24. The summed E-state index contributed by atoms with van der Waals surface area (Å²) in [4.78, 5) is 14.2. The summed E-state index contributed by atoms with van der Waals surface area (Å²) in [6.07, 6.45) is 1.09. The molecule has 2 rings (SSSR count). The summed E-state index contributed by atoms with van der Waals surface area (Å²) in [7, 11) is 0. The monoisotopic (exact) mass is 260 g/mol. The van der Waals surface area contributed by atoms with E-state index >= 15 is 0 Å². The SMILES string of the molecule is CCC1CN(C(=O)c2cccc(C#N)c2)CCS1. The maximum atomic E-state index is 12.3. The molecule has 1 aromatic rings. The summed E-state index contributed by atoms with van der Waals surface area (Å²) in [6, 6.07) is 9.01. The zero-order valence-electron chi connectivity index (χ0n) is 10.4. The largest absolute Gasteiger partial charge is 0.337 e. The number of nitriles is 1. The Morgan fingerprint density at radius 3 is 3.17 bits per heavy atom. The molecule has 0 aliphatic carbocycles. The van der Waals surface area contributed by atoms with Crippen LogP contribution in [0.2, 0.25) is 0 Å². The lowest BCUT2D eigenvalue weighted by Crippen LogP contribution is -2.41. The Balaban J connectivity index is 2.13. The van der Waals surface area contributed by atoms with Crippen LogP contribution in [0, 0.1) is 11.3 Å². The van der Waals surface area contributed by atoms with Crippen LogP contribution in [-0.4, -0.2) is 34.9 Å². The number of nitrogens with zero attached hydrogens (tertiary/aromatic N) is 2. The van der Waals surface area contributed by atoms with E-state index in [1.54, 1.807) is 24.3 Å². The highest BCUT2D eigenvalue weighted by Crippen LogP contribution is 2.22. The number of amides is 1. The molecule has 94 valence electrons. The molecule has 1 heterocycles. The van der Waals surface area contributed by atoms with Gasteiger partial charge in [0.2, 0.25) is 0 Å². The molecule has 1 unspecified atom stereocenters. The van der Waals surface area contributed by atoms with Crippen LogP contribution in [0.4, 0.5) is 0 Å². The molecule has 0 aromatic heterocycles. The number of hydrogen-bond donors (Lipinski definition) is 0. The summed E-state index contributed by atoms with van der Waals surface area (Å²) < 4.78 is 0. The molecule has 1 atom stereocenters. The Bertz CT molecular complexity index is 481. The van der Waals surface area contributed by atoms with E-state index in [-0.39, 0.29) is 5.91 Å². The van der Waals surface area contributed by atoms with Crippen LogP contribution < -0.4 is 0 Å². The molecule has 18 heavy (non-hydrogen) atoms. The minimum Gasteiger partial charge on any atom is -0.337 e. The van der Waals surface area contributed by atoms with Crippen molar-refractivity contribution in [2.75, 3.05) is 18.8 Å². The van der Waals surface area contributed by atoms with Gasteiger partial charge in [-0.2, -0.15) is 17.0 Å². The van der Waals surface area contributed by atoms with E-state index in [0.29, 0.717) is 16.4 Å². The van der Waals surface area contributed by atoms with Crippen LogP contribution in [0.5, 0.6) is 0 Å². The van der Waals surface area contributed by atoms with E-state index in [0.717, 1.165) is 25.3 Å². The minimum absolute atomic E-state index is 0.0471. The highest BCUT2D eigenvalue weighted by atomic mass is 32.2. The fraction of sp³-hybridized carbons (Fsp3) is 0.429. The molecule has 0 radical (unpaired) electrons. The van der Waals surface area contributed by atoms with Gasteiger partial charge >= 0.3 is 0 Å². The predicted molar refractivity (Wildman–Crippen MR) is 73.6 cm³/mol. The molecule has 1 saturated heterocycles. The lowest BCUT2D eigenvalue weighted by Gasteiger charge is -2.32. The Morgan fingerprint density at radius 1 is 1.61 bits per heavy atom. The van der Waals surface area contributed by atoms with Crippen LogP contribution in [0.3, 0.4) is 0 Å². The molecule has 0 saturated carbocycles. The number of thioether (sulfide) groups is 1. The van der Waals surface area contributed by atoms with Gasteiger partial charge in [0.05, 0.1) is 11.6 Å². The summed E-state index contributed by atoms with van der Waals surface area (Å²) in [6.45, 7) is 3.77. The third-order valence-electron chi connectivity index (χ3n) is 3.12. The first-order valence-corrected chi connectivity index (χ1v) is 7.20. The summed E-state index contributed by atoms with van der Waals surface area (Å²) in [5, 5.41) is 9.40. The van der Waals surface area contributed by atoms with Gasteiger partial charge in [-0.25, -0.2) is 0 Å². The zero-order chi connectivity index (χ0) is 13.0. The molecule has 1 aliphatic rings. The van der Waals surface area contributed by atoms with Gasteiger partial charge in [0.25, 0.3) is 5.91 Å². The molecular formula is C14H16N2OS. The smallest absolute Gasteiger partial charge is 0.253 e. The van der Waals surface area contributed by atoms with Crippen LogP contribution in [0.15, 0.2) is 24.3 Å². The van der Waals surface area contributed by atoms with Gasteiger partial charge in [-0.05, 0) is 24.6 Å². The van der Waals surface area contributed by atoms with Gasteiger partial charge in [-0.3, -0.25) is 4.79 Å². The lowest BCUT2D eigenvalue weighted by molar-refractivity contribution is 0.0761. The van der Waals surface area contributed by atoms with E-state index in [2.05, 4.69) is 13.0 Å². The molecule has 1 aromatic carbocycles. The van der Waals surface area contributed by atoms with Crippen molar-refractivity contribution >= 4 is 17.7 Å². The molecule has 4 heteroatoms. The van der Waals surface area contributed by atoms with Gasteiger partial charge < -0.3 is 4.90 Å². The van der Waals surface area contributed by atoms with E-state index in [4.69, 9.17) is 5.26 Å². The van der Waals surface area contributed by atoms with Crippen molar-refractivity contribution in [3.63, 3.8) is 0 Å². The van der Waals surface area contributed by atoms with Gasteiger partial charge in [0, 0.05) is 29.7 Å². The van der Waals surface area contributed by atoms with Gasteiger partial charge in [0.15, 0.2) is 0 Å². The van der Waals surface area contributed by atoms with Crippen LogP contribution >= 0.6 is 11.8 Å². The van der Waals surface area contributed by atoms with E-state index in [9.17, 15) is 4.79 Å². The molecule has 1 aliphatic heterocycles. The first-order chi connectivity index (χ1) is 8.74. The molecular weight excluding hydrogens is 244 g/mol.